The Bertz CT molecular complexity index is 857. The Morgan fingerprint density at radius 2 is 1.81 bits per heavy atom. The molecule has 1 heterocycles. The first-order valence-electron chi connectivity index (χ1n) is 10.2. The second kappa shape index (κ2) is 12.5. The van der Waals surface area contributed by atoms with Gasteiger partial charge in [0.25, 0.3) is 11.8 Å². The predicted molar refractivity (Wildman–Crippen MR) is 112 cm³/mol. The molecule has 0 spiro atoms. The molecule has 1 aromatic carbocycles. The Kier molecular flexibility index (Phi) is 9.76. The molecule has 0 radical (unpaired) electrons. The summed E-state index contributed by atoms with van der Waals surface area (Å²) in [6.45, 7) is 1.30. The van der Waals surface area contributed by atoms with Gasteiger partial charge in [-0.2, -0.15) is 0 Å². The molecule has 1 aromatic rings. The second-order valence-electron chi connectivity index (χ2n) is 6.92. The maximum atomic E-state index is 12.9. The van der Waals surface area contributed by atoms with Crippen LogP contribution in [-0.4, -0.2) is 86.0 Å². The number of carboxylic acid groups (broad SMARTS) is 1. The number of benzene rings is 1. The number of rotatable bonds is 15. The molecule has 0 bridgehead atoms. The number of carbonyl (C=O) groups excluding carboxylic acids is 4. The molecule has 3 N–H and O–H groups in total. The van der Waals surface area contributed by atoms with E-state index in [1.807, 2.05) is 0 Å². The average molecular weight is 449 g/mol. The van der Waals surface area contributed by atoms with Crippen LogP contribution in [0.2, 0.25) is 0 Å². The fourth-order valence-corrected chi connectivity index (χ4v) is 3.15. The van der Waals surface area contributed by atoms with Gasteiger partial charge < -0.3 is 30.0 Å². The molecule has 1 aliphatic heterocycles. The first kappa shape index (κ1) is 25.0. The van der Waals surface area contributed by atoms with Crippen molar-refractivity contribution in [1.82, 2.24) is 10.2 Å². The predicted octanol–water partition coefficient (Wildman–Crippen LogP) is 0.296. The minimum Gasteiger partial charge on any atom is -0.481 e. The zero-order valence-electron chi connectivity index (χ0n) is 17.8. The van der Waals surface area contributed by atoms with Gasteiger partial charge >= 0.3 is 5.97 Å². The SMILES string of the molecule is CNC(=O)CCC(C=O)N1C(=O)c2cccc(NCCOCCOCCC(=O)O)c2C1=O. The number of ether oxygens (including phenoxy) is 2. The Morgan fingerprint density at radius 3 is 2.47 bits per heavy atom. The third-order valence-electron chi connectivity index (χ3n) is 4.78. The lowest BCUT2D eigenvalue weighted by molar-refractivity contribution is -0.138. The van der Waals surface area contributed by atoms with Crippen LogP contribution in [0.3, 0.4) is 0 Å². The average Bonchev–Trinajstić information content (AvgIpc) is 3.03. The number of aldehydes is 1. The van der Waals surface area contributed by atoms with Crippen LogP contribution in [-0.2, 0) is 23.9 Å². The van der Waals surface area contributed by atoms with Gasteiger partial charge in [-0.05, 0) is 18.6 Å². The highest BCUT2D eigenvalue weighted by Crippen LogP contribution is 2.31. The molecule has 0 aliphatic carbocycles. The number of nitrogens with zero attached hydrogens (tertiary/aromatic N) is 1. The zero-order chi connectivity index (χ0) is 23.5. The summed E-state index contributed by atoms with van der Waals surface area (Å²) in [5.41, 5.74) is 0.821. The summed E-state index contributed by atoms with van der Waals surface area (Å²) in [6.07, 6.45) is 0.487. The molecule has 174 valence electrons. The molecular weight excluding hydrogens is 422 g/mol. The number of hydrogen-bond acceptors (Lipinski definition) is 8. The van der Waals surface area contributed by atoms with E-state index < -0.39 is 23.8 Å². The molecule has 2 rings (SSSR count). The number of carbonyl (C=O) groups is 5. The van der Waals surface area contributed by atoms with Gasteiger partial charge in [-0.1, -0.05) is 6.07 Å². The Balaban J connectivity index is 1.90. The normalized spacial score (nSPS) is 13.6. The van der Waals surface area contributed by atoms with E-state index in [1.165, 1.54) is 13.1 Å². The number of hydrogen-bond donors (Lipinski definition) is 3. The van der Waals surface area contributed by atoms with Gasteiger partial charge in [0, 0.05) is 25.7 Å². The van der Waals surface area contributed by atoms with E-state index in [0.717, 1.165) is 4.90 Å². The van der Waals surface area contributed by atoms with Crippen molar-refractivity contribution in [2.45, 2.75) is 25.3 Å². The van der Waals surface area contributed by atoms with E-state index in [-0.39, 0.29) is 56.1 Å². The number of carboxylic acids is 1. The Labute approximate surface area is 185 Å². The number of aliphatic carboxylic acids is 1. The van der Waals surface area contributed by atoms with Gasteiger partial charge in [0.05, 0.1) is 50.0 Å². The molecule has 3 amide bonds. The minimum absolute atomic E-state index is 0.00970. The van der Waals surface area contributed by atoms with E-state index >= 15 is 0 Å². The standard InChI is InChI=1S/C21H27N3O8/c1-22-17(26)6-5-14(13-25)24-20(29)15-3-2-4-16(19(15)21(24)30)23-8-10-32-12-11-31-9-7-18(27)28/h2-4,13-14,23H,5-12H2,1H3,(H,22,26)(H,27,28). The molecular formula is C21H27N3O8. The molecule has 32 heavy (non-hydrogen) atoms. The monoisotopic (exact) mass is 449 g/mol. The van der Waals surface area contributed by atoms with Gasteiger partial charge in [0.1, 0.15) is 6.29 Å². The molecule has 11 heteroatoms. The summed E-state index contributed by atoms with van der Waals surface area (Å²) in [4.78, 5) is 60.0. The lowest BCUT2D eigenvalue weighted by atomic mass is 10.1. The molecule has 1 unspecified atom stereocenters. The fourth-order valence-electron chi connectivity index (χ4n) is 3.15. The van der Waals surface area contributed by atoms with E-state index in [4.69, 9.17) is 14.6 Å². The Hall–Kier alpha value is -3.31. The molecule has 1 aliphatic rings. The summed E-state index contributed by atoms with van der Waals surface area (Å²) in [6, 6.07) is 3.78. The van der Waals surface area contributed by atoms with Crippen molar-refractivity contribution < 1.29 is 38.6 Å². The van der Waals surface area contributed by atoms with Gasteiger partial charge in [-0.15, -0.1) is 0 Å². The summed E-state index contributed by atoms with van der Waals surface area (Å²) in [5, 5.41) is 14.0. The summed E-state index contributed by atoms with van der Waals surface area (Å²) < 4.78 is 10.5. The molecule has 1 atom stereocenters. The molecule has 0 saturated heterocycles. The van der Waals surface area contributed by atoms with Crippen molar-refractivity contribution in [3.05, 3.63) is 29.3 Å². The van der Waals surface area contributed by atoms with Crippen molar-refractivity contribution in [3.63, 3.8) is 0 Å². The number of fused-ring (bicyclic) bond motifs is 1. The molecule has 0 saturated carbocycles. The highest BCUT2D eigenvalue weighted by atomic mass is 16.5. The van der Waals surface area contributed by atoms with Crippen LogP contribution < -0.4 is 10.6 Å². The molecule has 11 nitrogen and oxygen atoms in total. The van der Waals surface area contributed by atoms with Gasteiger partial charge in [-0.3, -0.25) is 24.1 Å². The topological polar surface area (TPSA) is 151 Å². The largest absolute Gasteiger partial charge is 0.481 e. The first-order chi connectivity index (χ1) is 15.4. The van der Waals surface area contributed by atoms with Crippen molar-refractivity contribution in [3.8, 4) is 0 Å². The number of amides is 3. The number of imide groups is 1. The van der Waals surface area contributed by atoms with Gasteiger partial charge in [-0.25, -0.2) is 0 Å². The summed E-state index contributed by atoms with van der Waals surface area (Å²) in [7, 11) is 1.47. The number of anilines is 1. The first-order valence-corrected chi connectivity index (χ1v) is 10.2. The smallest absolute Gasteiger partial charge is 0.305 e. The van der Waals surface area contributed by atoms with Gasteiger partial charge in [0.2, 0.25) is 5.91 Å². The summed E-state index contributed by atoms with van der Waals surface area (Å²) in [5.74, 6) is -2.38. The highest BCUT2D eigenvalue weighted by molar-refractivity contribution is 6.24. The van der Waals surface area contributed by atoms with Crippen molar-refractivity contribution in [2.24, 2.45) is 0 Å². The third kappa shape index (κ3) is 6.59. The fraction of sp³-hybridized carbons (Fsp3) is 0.476. The van der Waals surface area contributed by atoms with E-state index in [1.54, 1.807) is 12.1 Å². The third-order valence-corrected chi connectivity index (χ3v) is 4.78. The van der Waals surface area contributed by atoms with Crippen molar-refractivity contribution in [2.75, 3.05) is 45.3 Å². The van der Waals surface area contributed by atoms with Crippen LogP contribution in [0, 0.1) is 0 Å². The van der Waals surface area contributed by atoms with E-state index in [2.05, 4.69) is 10.6 Å². The van der Waals surface area contributed by atoms with E-state index in [9.17, 15) is 24.0 Å². The highest BCUT2D eigenvalue weighted by Gasteiger charge is 2.41. The lowest BCUT2D eigenvalue weighted by Crippen LogP contribution is -2.41. The van der Waals surface area contributed by atoms with Crippen molar-refractivity contribution >= 4 is 35.7 Å². The van der Waals surface area contributed by atoms with Crippen LogP contribution in [0.1, 0.15) is 40.0 Å². The molecule has 0 aromatic heterocycles. The Morgan fingerprint density at radius 1 is 1.09 bits per heavy atom. The van der Waals surface area contributed by atoms with Crippen LogP contribution in [0.4, 0.5) is 5.69 Å². The maximum Gasteiger partial charge on any atom is 0.305 e. The number of nitrogens with one attached hydrogen (secondary N) is 2. The van der Waals surface area contributed by atoms with Crippen LogP contribution in [0.15, 0.2) is 18.2 Å². The van der Waals surface area contributed by atoms with E-state index in [0.29, 0.717) is 25.1 Å². The van der Waals surface area contributed by atoms with Crippen molar-refractivity contribution in [1.29, 1.82) is 0 Å². The van der Waals surface area contributed by atoms with Crippen LogP contribution >= 0.6 is 0 Å². The van der Waals surface area contributed by atoms with Gasteiger partial charge in [0.15, 0.2) is 0 Å². The maximum absolute atomic E-state index is 12.9. The quantitative estimate of drug-likeness (QED) is 0.195. The minimum atomic E-state index is -1.03. The van der Waals surface area contributed by atoms with Crippen LogP contribution in [0.25, 0.3) is 0 Å². The molecule has 0 fully saturated rings. The lowest BCUT2D eigenvalue weighted by Gasteiger charge is -2.21. The summed E-state index contributed by atoms with van der Waals surface area (Å²) >= 11 is 0. The van der Waals surface area contributed by atoms with Crippen LogP contribution in [0.5, 0.6) is 0 Å². The second-order valence-corrected chi connectivity index (χ2v) is 6.92. The zero-order valence-corrected chi connectivity index (χ0v) is 17.8.